The molecule has 0 aliphatic heterocycles. The van der Waals surface area contributed by atoms with Gasteiger partial charge in [0.25, 0.3) is 0 Å². The van der Waals surface area contributed by atoms with Crippen molar-refractivity contribution >= 4 is 17.8 Å². The lowest BCUT2D eigenvalue weighted by molar-refractivity contribution is -0.138. The molecule has 5 heteroatoms. The van der Waals surface area contributed by atoms with Gasteiger partial charge in [-0.15, -0.1) is 0 Å². The lowest BCUT2D eigenvalue weighted by atomic mass is 10.1. The molecule has 0 atom stereocenters. The van der Waals surface area contributed by atoms with Crippen LogP contribution in [-0.4, -0.2) is 17.8 Å². The lowest BCUT2D eigenvalue weighted by Crippen LogP contribution is -2.19. The van der Waals surface area contributed by atoms with Crippen molar-refractivity contribution in [2.75, 3.05) is 0 Å². The molecule has 1 aromatic carbocycles. The first-order chi connectivity index (χ1) is 8.06. The SMILES string of the molecule is CCCC(=O)OC(=O)c1ccccc1C(N)=O. The number of amides is 1. The average molecular weight is 235 g/mol. The predicted octanol–water partition coefficient (Wildman–Crippen LogP) is 1.27. The molecule has 1 rings (SSSR count). The summed E-state index contributed by atoms with van der Waals surface area (Å²) < 4.78 is 4.58. The summed E-state index contributed by atoms with van der Waals surface area (Å²) in [6.07, 6.45) is 0.744. The Morgan fingerprint density at radius 1 is 1.18 bits per heavy atom. The van der Waals surface area contributed by atoms with Crippen LogP contribution in [0.15, 0.2) is 24.3 Å². The van der Waals surface area contributed by atoms with E-state index in [4.69, 9.17) is 5.73 Å². The fourth-order valence-corrected chi connectivity index (χ4v) is 1.29. The Morgan fingerprint density at radius 3 is 2.29 bits per heavy atom. The minimum absolute atomic E-state index is 0.00412. The second-order valence-corrected chi connectivity index (χ2v) is 3.42. The van der Waals surface area contributed by atoms with Crippen LogP contribution >= 0.6 is 0 Å². The number of benzene rings is 1. The molecule has 0 radical (unpaired) electrons. The summed E-state index contributed by atoms with van der Waals surface area (Å²) in [5.74, 6) is -2.20. The quantitative estimate of drug-likeness (QED) is 0.628. The van der Waals surface area contributed by atoms with Gasteiger partial charge in [0.2, 0.25) is 5.91 Å². The van der Waals surface area contributed by atoms with Gasteiger partial charge < -0.3 is 10.5 Å². The van der Waals surface area contributed by atoms with Gasteiger partial charge in [-0.1, -0.05) is 19.1 Å². The molecule has 90 valence electrons. The van der Waals surface area contributed by atoms with E-state index in [2.05, 4.69) is 4.74 Å². The highest BCUT2D eigenvalue weighted by Gasteiger charge is 2.18. The van der Waals surface area contributed by atoms with Crippen LogP contribution in [0.4, 0.5) is 0 Å². The first-order valence-electron chi connectivity index (χ1n) is 5.20. The molecule has 1 amide bonds. The number of esters is 2. The van der Waals surface area contributed by atoms with E-state index < -0.39 is 17.8 Å². The third-order valence-corrected chi connectivity index (χ3v) is 2.07. The molecule has 17 heavy (non-hydrogen) atoms. The molecule has 0 bridgehead atoms. The van der Waals surface area contributed by atoms with Gasteiger partial charge in [-0.2, -0.15) is 0 Å². The number of primary amides is 1. The summed E-state index contributed by atoms with van der Waals surface area (Å²) in [6.45, 7) is 1.79. The smallest absolute Gasteiger partial charge is 0.346 e. The van der Waals surface area contributed by atoms with Gasteiger partial charge in [0, 0.05) is 6.42 Å². The molecule has 0 aliphatic rings. The summed E-state index contributed by atoms with van der Waals surface area (Å²) >= 11 is 0. The molecular weight excluding hydrogens is 222 g/mol. The van der Waals surface area contributed by atoms with Crippen LogP contribution in [0.2, 0.25) is 0 Å². The zero-order chi connectivity index (χ0) is 12.8. The van der Waals surface area contributed by atoms with Gasteiger partial charge in [0.05, 0.1) is 11.1 Å². The van der Waals surface area contributed by atoms with Crippen LogP contribution in [0, 0.1) is 0 Å². The molecule has 0 saturated heterocycles. The third-order valence-electron chi connectivity index (χ3n) is 2.07. The molecule has 0 heterocycles. The van der Waals surface area contributed by atoms with E-state index in [1.165, 1.54) is 12.1 Å². The van der Waals surface area contributed by atoms with Gasteiger partial charge in [-0.25, -0.2) is 4.79 Å². The average Bonchev–Trinajstić information content (AvgIpc) is 2.29. The Hall–Kier alpha value is -2.17. The van der Waals surface area contributed by atoms with Crippen molar-refractivity contribution in [2.24, 2.45) is 5.73 Å². The van der Waals surface area contributed by atoms with Crippen LogP contribution in [0.3, 0.4) is 0 Å². The van der Waals surface area contributed by atoms with Crippen LogP contribution in [0.5, 0.6) is 0 Å². The normalized spacial score (nSPS) is 9.71. The van der Waals surface area contributed by atoms with E-state index in [1.807, 2.05) is 0 Å². The number of ether oxygens (including phenoxy) is 1. The van der Waals surface area contributed by atoms with Crippen molar-refractivity contribution in [3.05, 3.63) is 35.4 Å². The van der Waals surface area contributed by atoms with Crippen LogP contribution in [0.25, 0.3) is 0 Å². The van der Waals surface area contributed by atoms with Gasteiger partial charge in [0.15, 0.2) is 0 Å². The second-order valence-electron chi connectivity index (χ2n) is 3.42. The maximum absolute atomic E-state index is 11.6. The third kappa shape index (κ3) is 3.41. The molecule has 0 saturated carbocycles. The van der Waals surface area contributed by atoms with Crippen LogP contribution < -0.4 is 5.73 Å². The summed E-state index contributed by atoms with van der Waals surface area (Å²) in [6, 6.07) is 5.93. The minimum atomic E-state index is -0.849. The van der Waals surface area contributed by atoms with E-state index in [0.29, 0.717) is 6.42 Å². The van der Waals surface area contributed by atoms with Crippen LogP contribution in [-0.2, 0) is 9.53 Å². The lowest BCUT2D eigenvalue weighted by Gasteiger charge is -2.05. The first kappa shape index (κ1) is 12.9. The van der Waals surface area contributed by atoms with Crippen molar-refractivity contribution in [1.29, 1.82) is 0 Å². The number of nitrogens with two attached hydrogens (primary N) is 1. The molecule has 1 aromatic rings. The van der Waals surface area contributed by atoms with E-state index in [9.17, 15) is 14.4 Å². The van der Waals surface area contributed by atoms with E-state index in [-0.39, 0.29) is 17.5 Å². The topological polar surface area (TPSA) is 86.5 Å². The highest BCUT2D eigenvalue weighted by molar-refractivity contribution is 6.06. The maximum atomic E-state index is 11.6. The Labute approximate surface area is 98.6 Å². The molecule has 0 fully saturated rings. The standard InChI is InChI=1S/C12H13NO4/c1-2-5-10(14)17-12(16)9-7-4-3-6-8(9)11(13)15/h3-4,6-7H,2,5H2,1H3,(H2,13,15). The van der Waals surface area contributed by atoms with Gasteiger partial charge in [0.1, 0.15) is 0 Å². The summed E-state index contributed by atoms with van der Waals surface area (Å²) in [5, 5.41) is 0. The molecular formula is C12H13NO4. The van der Waals surface area contributed by atoms with Crippen molar-refractivity contribution in [2.45, 2.75) is 19.8 Å². The minimum Gasteiger partial charge on any atom is -0.389 e. The maximum Gasteiger partial charge on any atom is 0.346 e. The highest BCUT2D eigenvalue weighted by Crippen LogP contribution is 2.10. The first-order valence-corrected chi connectivity index (χ1v) is 5.20. The van der Waals surface area contributed by atoms with Crippen molar-refractivity contribution < 1.29 is 19.1 Å². The molecule has 0 spiro atoms. The summed E-state index contributed by atoms with van der Waals surface area (Å²) in [7, 11) is 0. The zero-order valence-electron chi connectivity index (χ0n) is 9.43. The Kier molecular flexibility index (Phi) is 4.39. The van der Waals surface area contributed by atoms with Crippen molar-refractivity contribution in [1.82, 2.24) is 0 Å². The fraction of sp³-hybridized carbons (Fsp3) is 0.250. The van der Waals surface area contributed by atoms with Crippen molar-refractivity contribution in [3.63, 3.8) is 0 Å². The van der Waals surface area contributed by atoms with Gasteiger partial charge in [-0.3, -0.25) is 9.59 Å². The Balaban J connectivity index is 2.89. The number of hydrogen-bond donors (Lipinski definition) is 1. The number of rotatable bonds is 4. The Bertz CT molecular complexity index is 454. The zero-order valence-corrected chi connectivity index (χ0v) is 9.43. The highest BCUT2D eigenvalue weighted by atomic mass is 16.6. The summed E-state index contributed by atoms with van der Waals surface area (Å²) in [4.78, 5) is 33.8. The molecule has 2 N–H and O–H groups in total. The van der Waals surface area contributed by atoms with Gasteiger partial charge in [-0.05, 0) is 18.6 Å². The van der Waals surface area contributed by atoms with E-state index >= 15 is 0 Å². The largest absolute Gasteiger partial charge is 0.389 e. The molecule has 0 unspecified atom stereocenters. The van der Waals surface area contributed by atoms with E-state index in [1.54, 1.807) is 19.1 Å². The number of carbonyl (C=O) groups is 3. The Morgan fingerprint density at radius 2 is 1.76 bits per heavy atom. The van der Waals surface area contributed by atoms with Crippen molar-refractivity contribution in [3.8, 4) is 0 Å². The molecule has 0 aromatic heterocycles. The predicted molar refractivity (Wildman–Crippen MR) is 60.3 cm³/mol. The molecule has 5 nitrogen and oxygen atoms in total. The van der Waals surface area contributed by atoms with Crippen LogP contribution in [0.1, 0.15) is 40.5 Å². The monoisotopic (exact) mass is 235 g/mol. The summed E-state index contributed by atoms with van der Waals surface area (Å²) in [5.41, 5.74) is 5.16. The second kappa shape index (κ2) is 5.79. The number of carbonyl (C=O) groups excluding carboxylic acids is 3. The fourth-order valence-electron chi connectivity index (χ4n) is 1.29. The number of hydrogen-bond acceptors (Lipinski definition) is 4. The van der Waals surface area contributed by atoms with E-state index in [0.717, 1.165) is 0 Å². The molecule has 0 aliphatic carbocycles. The van der Waals surface area contributed by atoms with Gasteiger partial charge >= 0.3 is 11.9 Å².